The van der Waals surface area contributed by atoms with E-state index in [9.17, 15) is 4.39 Å². The van der Waals surface area contributed by atoms with Crippen molar-refractivity contribution in [2.45, 2.75) is 13.8 Å². The first-order valence-corrected chi connectivity index (χ1v) is 3.83. The van der Waals surface area contributed by atoms with Crippen LogP contribution in [0, 0.1) is 11.8 Å². The molecule has 0 heterocycles. The highest BCUT2D eigenvalue weighted by Crippen LogP contribution is 2.29. The second-order valence-corrected chi connectivity index (χ2v) is 3.04. The van der Waals surface area contributed by atoms with Crippen molar-refractivity contribution in [3.63, 3.8) is 0 Å². The van der Waals surface area contributed by atoms with Crippen molar-refractivity contribution in [2.75, 3.05) is 0 Å². The monoisotopic (exact) mass is 152 g/mol. The van der Waals surface area contributed by atoms with Crippen LogP contribution in [-0.2, 0) is 0 Å². The van der Waals surface area contributed by atoms with Gasteiger partial charge in [0.2, 0.25) is 0 Å². The second kappa shape index (κ2) is 3.04. The maximum Gasteiger partial charge on any atom is 0.104 e. The second-order valence-electron chi connectivity index (χ2n) is 3.04. The van der Waals surface area contributed by atoms with E-state index in [0.29, 0.717) is 0 Å². The van der Waals surface area contributed by atoms with Crippen molar-refractivity contribution in [1.29, 1.82) is 0 Å². The van der Waals surface area contributed by atoms with Crippen LogP contribution in [0.1, 0.15) is 13.8 Å². The van der Waals surface area contributed by atoms with Crippen LogP contribution in [0.15, 0.2) is 36.2 Å². The van der Waals surface area contributed by atoms with E-state index in [1.165, 1.54) is 0 Å². The van der Waals surface area contributed by atoms with E-state index in [0.717, 1.165) is 5.57 Å². The van der Waals surface area contributed by atoms with E-state index < -0.39 is 0 Å². The Labute approximate surface area is 67.1 Å². The molecule has 0 fully saturated rings. The van der Waals surface area contributed by atoms with E-state index in [2.05, 4.69) is 6.58 Å². The summed E-state index contributed by atoms with van der Waals surface area (Å²) in [5.74, 6) is 0.103. The molecule has 0 N–H and O–H groups in total. The van der Waals surface area contributed by atoms with Crippen LogP contribution in [0.2, 0.25) is 0 Å². The van der Waals surface area contributed by atoms with Crippen molar-refractivity contribution in [3.05, 3.63) is 36.2 Å². The first kappa shape index (κ1) is 8.25. The topological polar surface area (TPSA) is 0 Å². The molecule has 0 spiro atoms. The number of rotatable bonds is 1. The Bertz CT molecular complexity index is 223. The maximum absolute atomic E-state index is 13.0. The fraction of sp³-hybridized carbons (Fsp3) is 0.400. The molecule has 2 atom stereocenters. The van der Waals surface area contributed by atoms with E-state index in [1.807, 2.05) is 19.9 Å². The molecule has 60 valence electrons. The van der Waals surface area contributed by atoms with Crippen molar-refractivity contribution >= 4 is 0 Å². The van der Waals surface area contributed by atoms with Gasteiger partial charge in [0.15, 0.2) is 0 Å². The zero-order valence-corrected chi connectivity index (χ0v) is 6.97. The standard InChI is InChI=1S/C10H13F/c1-4-9-5-7(2)6-10(11)8(9)3/h4-6,8-9H,1H2,2-3H3. The molecule has 2 unspecified atom stereocenters. The molecule has 0 nitrogen and oxygen atoms in total. The minimum Gasteiger partial charge on any atom is -0.211 e. The Morgan fingerprint density at radius 3 is 2.82 bits per heavy atom. The van der Waals surface area contributed by atoms with E-state index >= 15 is 0 Å². The lowest BCUT2D eigenvalue weighted by atomic mass is 9.87. The lowest BCUT2D eigenvalue weighted by Crippen LogP contribution is -2.11. The predicted molar refractivity (Wildman–Crippen MR) is 45.8 cm³/mol. The van der Waals surface area contributed by atoms with Gasteiger partial charge in [0.25, 0.3) is 0 Å². The molecular formula is C10H13F. The summed E-state index contributed by atoms with van der Waals surface area (Å²) in [6.45, 7) is 7.45. The molecule has 1 aliphatic carbocycles. The van der Waals surface area contributed by atoms with Gasteiger partial charge in [0.1, 0.15) is 5.83 Å². The first-order chi connectivity index (χ1) is 5.15. The zero-order valence-electron chi connectivity index (χ0n) is 6.97. The lowest BCUT2D eigenvalue weighted by Gasteiger charge is -2.20. The quantitative estimate of drug-likeness (QED) is 0.506. The molecule has 1 aliphatic rings. The molecule has 0 aromatic carbocycles. The van der Waals surface area contributed by atoms with Gasteiger partial charge in [-0.1, -0.05) is 24.6 Å². The normalized spacial score (nSPS) is 30.8. The highest BCUT2D eigenvalue weighted by Gasteiger charge is 2.19. The Morgan fingerprint density at radius 2 is 2.27 bits per heavy atom. The van der Waals surface area contributed by atoms with E-state index in [1.54, 1.807) is 12.2 Å². The van der Waals surface area contributed by atoms with Crippen LogP contribution in [-0.4, -0.2) is 0 Å². The Hall–Kier alpha value is -0.850. The molecule has 0 saturated carbocycles. The average molecular weight is 152 g/mol. The van der Waals surface area contributed by atoms with Crippen molar-refractivity contribution in [2.24, 2.45) is 11.8 Å². The van der Waals surface area contributed by atoms with Gasteiger partial charge in [-0.2, -0.15) is 0 Å². The third-order valence-electron chi connectivity index (χ3n) is 2.11. The third-order valence-corrected chi connectivity index (χ3v) is 2.11. The molecule has 0 bridgehead atoms. The number of halogens is 1. The summed E-state index contributed by atoms with van der Waals surface area (Å²) in [7, 11) is 0. The average Bonchev–Trinajstić information content (AvgIpc) is 1.96. The fourth-order valence-corrected chi connectivity index (χ4v) is 1.30. The largest absolute Gasteiger partial charge is 0.211 e. The van der Waals surface area contributed by atoms with Crippen LogP contribution in [0.4, 0.5) is 4.39 Å². The van der Waals surface area contributed by atoms with E-state index in [4.69, 9.17) is 0 Å². The van der Waals surface area contributed by atoms with Gasteiger partial charge in [-0.15, -0.1) is 6.58 Å². The van der Waals surface area contributed by atoms with Gasteiger partial charge in [-0.05, 0) is 13.0 Å². The fourth-order valence-electron chi connectivity index (χ4n) is 1.30. The van der Waals surface area contributed by atoms with Crippen molar-refractivity contribution in [1.82, 2.24) is 0 Å². The molecule has 0 saturated heterocycles. The third kappa shape index (κ3) is 1.59. The van der Waals surface area contributed by atoms with Gasteiger partial charge in [-0.25, -0.2) is 4.39 Å². The van der Waals surface area contributed by atoms with Crippen molar-refractivity contribution < 1.29 is 4.39 Å². The Kier molecular flexibility index (Phi) is 2.28. The zero-order chi connectivity index (χ0) is 8.43. The predicted octanol–water partition coefficient (Wildman–Crippen LogP) is 3.24. The first-order valence-electron chi connectivity index (χ1n) is 3.83. The molecule has 0 radical (unpaired) electrons. The van der Waals surface area contributed by atoms with Gasteiger partial charge in [0.05, 0.1) is 0 Å². The molecule has 0 aromatic heterocycles. The van der Waals surface area contributed by atoms with Crippen LogP contribution in [0.25, 0.3) is 0 Å². The van der Waals surface area contributed by atoms with Crippen LogP contribution in [0.3, 0.4) is 0 Å². The Morgan fingerprint density at radius 1 is 1.64 bits per heavy atom. The summed E-state index contributed by atoms with van der Waals surface area (Å²) in [4.78, 5) is 0. The van der Waals surface area contributed by atoms with Crippen LogP contribution >= 0.6 is 0 Å². The molecular weight excluding hydrogens is 139 g/mol. The van der Waals surface area contributed by atoms with Crippen LogP contribution in [0.5, 0.6) is 0 Å². The number of hydrogen-bond donors (Lipinski definition) is 0. The molecule has 1 rings (SSSR count). The van der Waals surface area contributed by atoms with E-state index in [-0.39, 0.29) is 17.7 Å². The minimum absolute atomic E-state index is 0.0313. The van der Waals surface area contributed by atoms with Crippen molar-refractivity contribution in [3.8, 4) is 0 Å². The molecule has 11 heavy (non-hydrogen) atoms. The molecule has 0 amide bonds. The summed E-state index contributed by atoms with van der Waals surface area (Å²) in [5.41, 5.74) is 0.991. The van der Waals surface area contributed by atoms with Crippen LogP contribution < -0.4 is 0 Å². The number of allylic oxidation sites excluding steroid dienone is 5. The summed E-state index contributed by atoms with van der Waals surface area (Å²) < 4.78 is 13.0. The Balaban J connectivity index is 2.90. The summed E-state index contributed by atoms with van der Waals surface area (Å²) >= 11 is 0. The molecule has 0 aliphatic heterocycles. The summed E-state index contributed by atoms with van der Waals surface area (Å²) in [6.07, 6.45) is 5.42. The maximum atomic E-state index is 13.0. The smallest absolute Gasteiger partial charge is 0.104 e. The van der Waals surface area contributed by atoms with Gasteiger partial charge < -0.3 is 0 Å². The SMILES string of the molecule is C=CC1C=C(C)C=C(F)C1C. The highest BCUT2D eigenvalue weighted by molar-refractivity contribution is 5.28. The van der Waals surface area contributed by atoms with Gasteiger partial charge >= 0.3 is 0 Å². The number of hydrogen-bond acceptors (Lipinski definition) is 0. The minimum atomic E-state index is -0.0325. The molecule has 0 aromatic rings. The highest BCUT2D eigenvalue weighted by atomic mass is 19.1. The molecule has 1 heteroatoms. The summed E-state index contributed by atoms with van der Waals surface area (Å²) in [5, 5.41) is 0. The lowest BCUT2D eigenvalue weighted by molar-refractivity contribution is 0.438. The van der Waals surface area contributed by atoms with Gasteiger partial charge in [0, 0.05) is 11.8 Å². The van der Waals surface area contributed by atoms with Gasteiger partial charge in [-0.3, -0.25) is 0 Å². The summed E-state index contributed by atoms with van der Waals surface area (Å²) in [6, 6.07) is 0.